The Morgan fingerprint density at radius 2 is 1.84 bits per heavy atom. The summed E-state index contributed by atoms with van der Waals surface area (Å²) in [6.07, 6.45) is 1.54. The van der Waals surface area contributed by atoms with Crippen molar-refractivity contribution < 1.29 is 14.1 Å². The number of primary amides is 1. The van der Waals surface area contributed by atoms with Crippen LogP contribution < -0.4 is 10.9 Å². The van der Waals surface area contributed by atoms with Crippen molar-refractivity contribution in [3.05, 3.63) is 51.0 Å². The van der Waals surface area contributed by atoms with Crippen LogP contribution in [0.15, 0.2) is 18.3 Å². The van der Waals surface area contributed by atoms with Crippen LogP contribution in [0.5, 0.6) is 0 Å². The van der Waals surface area contributed by atoms with E-state index in [1.807, 2.05) is 13.8 Å². The second kappa shape index (κ2) is 7.33. The second-order valence-electron chi connectivity index (χ2n) is 5.63. The van der Waals surface area contributed by atoms with Crippen molar-refractivity contribution in [3.8, 4) is 0 Å². The molecule has 9 heteroatoms. The Morgan fingerprint density at radius 1 is 1.24 bits per heavy atom. The first-order valence-corrected chi connectivity index (χ1v) is 8.02. The molecule has 0 atom stereocenters. The van der Waals surface area contributed by atoms with Gasteiger partial charge in [0.15, 0.2) is 0 Å². The maximum atomic E-state index is 14.9. The van der Waals surface area contributed by atoms with E-state index >= 15 is 0 Å². The topological polar surface area (TPSA) is 89.2 Å². The van der Waals surface area contributed by atoms with Gasteiger partial charge in [-0.25, -0.2) is 4.98 Å². The van der Waals surface area contributed by atoms with Gasteiger partial charge in [-0.1, -0.05) is 41.5 Å². The fourth-order valence-electron chi connectivity index (χ4n) is 2.25. The van der Waals surface area contributed by atoms with E-state index in [1.54, 1.807) is 13.0 Å². The lowest BCUT2D eigenvalue weighted by molar-refractivity contribution is 0.0930. The van der Waals surface area contributed by atoms with Crippen LogP contribution in [0, 0.1) is 6.92 Å². The monoisotopic (exact) mass is 384 g/mol. The number of nitrogens with two attached hydrogens (primary N) is 1. The molecule has 0 radical (unpaired) electrons. The van der Waals surface area contributed by atoms with Gasteiger partial charge in [-0.15, -0.1) is 5.12 Å². The number of hydrogen-bond acceptors (Lipinski definition) is 4. The first-order valence-electron chi connectivity index (χ1n) is 7.26. The summed E-state index contributed by atoms with van der Waals surface area (Å²) in [5, 5.41) is -0.658. The first-order chi connectivity index (χ1) is 11.6. The number of aryl methyl sites for hydroxylation is 1. The molecule has 0 spiro atoms. The molecule has 0 aliphatic heterocycles. The Kier molecular flexibility index (Phi) is 5.59. The van der Waals surface area contributed by atoms with Crippen molar-refractivity contribution in [2.75, 3.05) is 5.12 Å². The molecule has 0 aromatic carbocycles. The van der Waals surface area contributed by atoms with Gasteiger partial charge in [0, 0.05) is 6.20 Å². The molecule has 2 aromatic heterocycles. The normalized spacial score (nSPS) is 10.8. The predicted molar refractivity (Wildman–Crippen MR) is 93.8 cm³/mol. The molecule has 0 aliphatic rings. The third-order valence-corrected chi connectivity index (χ3v) is 4.08. The largest absolute Gasteiger partial charge is 0.366 e. The Balaban J connectivity index is 2.56. The van der Waals surface area contributed by atoms with Gasteiger partial charge in [0.1, 0.15) is 16.0 Å². The van der Waals surface area contributed by atoms with E-state index in [9.17, 15) is 14.1 Å². The molecule has 0 saturated heterocycles. The van der Waals surface area contributed by atoms with Gasteiger partial charge >= 0.3 is 0 Å². The van der Waals surface area contributed by atoms with Crippen molar-refractivity contribution in [2.45, 2.75) is 26.7 Å². The van der Waals surface area contributed by atoms with Crippen molar-refractivity contribution in [1.82, 2.24) is 9.97 Å². The molecule has 2 N–H and O–H groups in total. The van der Waals surface area contributed by atoms with Crippen molar-refractivity contribution >= 4 is 40.7 Å². The Bertz CT molecular complexity index is 858. The van der Waals surface area contributed by atoms with E-state index in [-0.39, 0.29) is 38.2 Å². The molecular formula is C16H15Cl2FN4O2. The highest BCUT2D eigenvalue weighted by atomic mass is 35.5. The molecule has 0 unspecified atom stereocenters. The van der Waals surface area contributed by atoms with Crippen molar-refractivity contribution in [1.29, 1.82) is 0 Å². The van der Waals surface area contributed by atoms with Gasteiger partial charge in [0.25, 0.3) is 11.8 Å². The highest BCUT2D eigenvalue weighted by molar-refractivity contribution is 6.36. The zero-order chi connectivity index (χ0) is 18.9. The van der Waals surface area contributed by atoms with E-state index < -0.39 is 11.8 Å². The molecule has 25 heavy (non-hydrogen) atoms. The lowest BCUT2D eigenvalue weighted by atomic mass is 10.0. The summed E-state index contributed by atoms with van der Waals surface area (Å²) in [4.78, 5) is 31.8. The zero-order valence-corrected chi connectivity index (χ0v) is 15.2. The summed E-state index contributed by atoms with van der Waals surface area (Å²) in [6, 6.07) is 2.60. The van der Waals surface area contributed by atoms with Crippen LogP contribution in [0.4, 0.5) is 10.2 Å². The minimum absolute atomic E-state index is 0.0224. The number of anilines is 1. The van der Waals surface area contributed by atoms with E-state index in [1.165, 1.54) is 6.20 Å². The molecule has 2 aromatic rings. The number of amides is 2. The van der Waals surface area contributed by atoms with Crippen molar-refractivity contribution in [2.24, 2.45) is 5.73 Å². The fourth-order valence-corrected chi connectivity index (χ4v) is 2.74. The Hall–Kier alpha value is -2.25. The number of halogens is 3. The first kappa shape index (κ1) is 19.1. The second-order valence-corrected chi connectivity index (χ2v) is 6.35. The standard InChI is InChI=1S/C16H15Cl2FN4O2/c1-7(2)11-12(8(3)4-5-21-11)23(19)16(25)10-6-9(15(20)24)13(17)22-14(10)18/h4-7H,1-3H3,(H2,20,24). The summed E-state index contributed by atoms with van der Waals surface area (Å²) in [6.45, 7) is 5.30. The van der Waals surface area contributed by atoms with Crippen LogP contribution in [0.2, 0.25) is 10.3 Å². The summed E-state index contributed by atoms with van der Waals surface area (Å²) in [5.74, 6) is -2.13. The molecule has 0 bridgehead atoms. The minimum atomic E-state index is -1.10. The molecule has 132 valence electrons. The highest BCUT2D eigenvalue weighted by Gasteiger charge is 2.27. The molecule has 0 fully saturated rings. The maximum absolute atomic E-state index is 14.9. The minimum Gasteiger partial charge on any atom is -0.366 e. The van der Waals surface area contributed by atoms with Crippen LogP contribution in [0.25, 0.3) is 0 Å². The predicted octanol–water partition coefficient (Wildman–Crippen LogP) is 3.85. The van der Waals surface area contributed by atoms with Gasteiger partial charge in [0.05, 0.1) is 16.8 Å². The van der Waals surface area contributed by atoms with E-state index in [0.717, 1.165) is 6.07 Å². The average Bonchev–Trinajstić information content (AvgIpc) is 2.53. The van der Waals surface area contributed by atoms with Crippen LogP contribution in [-0.4, -0.2) is 21.8 Å². The quantitative estimate of drug-likeness (QED) is 0.640. The van der Waals surface area contributed by atoms with Crippen LogP contribution in [-0.2, 0) is 0 Å². The molecule has 6 nitrogen and oxygen atoms in total. The highest BCUT2D eigenvalue weighted by Crippen LogP contribution is 2.32. The Morgan fingerprint density at radius 3 is 2.40 bits per heavy atom. The lowest BCUT2D eigenvalue weighted by Crippen LogP contribution is -2.26. The number of rotatable bonds is 4. The number of aromatic nitrogens is 2. The van der Waals surface area contributed by atoms with E-state index in [4.69, 9.17) is 28.9 Å². The van der Waals surface area contributed by atoms with Gasteiger partial charge in [-0.3, -0.25) is 14.6 Å². The lowest BCUT2D eigenvalue weighted by Gasteiger charge is -2.20. The van der Waals surface area contributed by atoms with Crippen LogP contribution >= 0.6 is 23.2 Å². The van der Waals surface area contributed by atoms with Gasteiger partial charge in [-0.2, -0.15) is 0 Å². The fraction of sp³-hybridized carbons (Fsp3) is 0.250. The third-order valence-electron chi connectivity index (χ3n) is 3.50. The van der Waals surface area contributed by atoms with E-state index in [0.29, 0.717) is 11.3 Å². The van der Waals surface area contributed by atoms with Crippen molar-refractivity contribution in [3.63, 3.8) is 0 Å². The maximum Gasteiger partial charge on any atom is 0.289 e. The molecular weight excluding hydrogens is 370 g/mol. The Labute approximate surface area is 153 Å². The molecule has 2 rings (SSSR count). The van der Waals surface area contributed by atoms with Crippen LogP contribution in [0.1, 0.15) is 51.7 Å². The number of nitrogens with zero attached hydrogens (tertiary/aromatic N) is 3. The molecule has 0 aliphatic carbocycles. The number of carbonyl (C=O) groups excluding carboxylic acids is 2. The summed E-state index contributed by atoms with van der Waals surface area (Å²) >= 11 is 11.7. The van der Waals surface area contributed by atoms with Gasteiger partial charge in [-0.05, 0) is 30.5 Å². The summed E-state index contributed by atoms with van der Waals surface area (Å²) in [7, 11) is 0. The van der Waals surface area contributed by atoms with Gasteiger partial charge in [0.2, 0.25) is 0 Å². The molecule has 0 saturated carbocycles. The summed E-state index contributed by atoms with van der Waals surface area (Å²) < 4.78 is 14.9. The third kappa shape index (κ3) is 3.72. The number of hydrogen-bond donors (Lipinski definition) is 1. The average molecular weight is 385 g/mol. The zero-order valence-electron chi connectivity index (χ0n) is 13.7. The SMILES string of the molecule is Cc1ccnc(C(C)C)c1N(F)C(=O)c1cc(C(N)=O)c(Cl)nc1Cl. The molecule has 2 amide bonds. The smallest absolute Gasteiger partial charge is 0.289 e. The number of pyridine rings is 2. The summed E-state index contributed by atoms with van der Waals surface area (Å²) in [5.41, 5.74) is 5.56. The van der Waals surface area contributed by atoms with Crippen LogP contribution in [0.3, 0.4) is 0 Å². The van der Waals surface area contributed by atoms with Gasteiger partial charge < -0.3 is 5.73 Å². The number of carbonyl (C=O) groups is 2. The van der Waals surface area contributed by atoms with E-state index in [2.05, 4.69) is 9.97 Å². The molecule has 2 heterocycles.